The second kappa shape index (κ2) is 5.09. The highest BCUT2D eigenvalue weighted by Gasteiger charge is 2.47. The molecule has 0 aromatic rings. The van der Waals surface area contributed by atoms with Gasteiger partial charge in [-0.05, 0) is 6.42 Å². The van der Waals surface area contributed by atoms with Gasteiger partial charge in [0.1, 0.15) is 11.7 Å². The van der Waals surface area contributed by atoms with E-state index in [1.54, 1.807) is 0 Å². The van der Waals surface area contributed by atoms with Gasteiger partial charge in [-0.1, -0.05) is 6.92 Å². The number of aliphatic hydroxyl groups is 4. The number of nitrogens with one attached hydrogen (secondary N) is 1. The summed E-state index contributed by atoms with van der Waals surface area (Å²) in [5.74, 6) is -0.612. The summed E-state index contributed by atoms with van der Waals surface area (Å²) in [6.45, 7) is 2.30. The first kappa shape index (κ1) is 13.4. The highest BCUT2D eigenvalue weighted by atomic mass is 16.4. The Bertz CT molecular complexity index is 246. The number of aliphatic hydroxyl groups excluding tert-OH is 3. The fourth-order valence-electron chi connectivity index (χ4n) is 1.86. The van der Waals surface area contributed by atoms with Crippen LogP contribution >= 0.6 is 0 Å². The van der Waals surface area contributed by atoms with Crippen LogP contribution in [-0.2, 0) is 4.79 Å². The van der Waals surface area contributed by atoms with E-state index in [9.17, 15) is 25.2 Å². The number of hydrogen-bond donors (Lipinski definition) is 5. The standard InChI is InChI=1S/C10H19NO5/c1-2-3-11-9(15)10(16)4-6(12)8(14)7(13)5-10/h6-8,12-14,16H,2-5H2,1H3,(H,11,15). The second-order valence-corrected chi connectivity index (χ2v) is 4.32. The Morgan fingerprint density at radius 3 is 2.25 bits per heavy atom. The second-order valence-electron chi connectivity index (χ2n) is 4.32. The van der Waals surface area contributed by atoms with Crippen molar-refractivity contribution in [2.24, 2.45) is 0 Å². The van der Waals surface area contributed by atoms with Crippen molar-refractivity contribution in [2.75, 3.05) is 6.54 Å². The molecule has 1 aliphatic rings. The maximum Gasteiger partial charge on any atom is 0.252 e. The molecule has 2 unspecified atom stereocenters. The van der Waals surface area contributed by atoms with Crippen molar-refractivity contribution in [1.29, 1.82) is 0 Å². The molecule has 1 rings (SSSR count). The summed E-state index contributed by atoms with van der Waals surface area (Å²) in [4.78, 5) is 11.6. The monoisotopic (exact) mass is 233 g/mol. The number of hydrogen-bond acceptors (Lipinski definition) is 5. The average molecular weight is 233 g/mol. The summed E-state index contributed by atoms with van der Waals surface area (Å²) >= 11 is 0. The Morgan fingerprint density at radius 2 is 1.81 bits per heavy atom. The fraction of sp³-hybridized carbons (Fsp3) is 0.900. The van der Waals surface area contributed by atoms with Crippen LogP contribution in [0.5, 0.6) is 0 Å². The molecule has 2 atom stereocenters. The minimum absolute atomic E-state index is 0.263. The minimum atomic E-state index is -1.80. The van der Waals surface area contributed by atoms with E-state index in [1.165, 1.54) is 0 Å². The molecule has 5 N–H and O–H groups in total. The summed E-state index contributed by atoms with van der Waals surface area (Å²) in [6, 6.07) is 0. The van der Waals surface area contributed by atoms with Gasteiger partial charge in [-0.2, -0.15) is 0 Å². The molecule has 6 heteroatoms. The summed E-state index contributed by atoms with van der Waals surface area (Å²) < 4.78 is 0. The molecule has 6 nitrogen and oxygen atoms in total. The van der Waals surface area contributed by atoms with Gasteiger partial charge in [0.25, 0.3) is 5.91 Å². The van der Waals surface area contributed by atoms with E-state index in [0.717, 1.165) is 6.42 Å². The Balaban J connectivity index is 2.66. The summed E-state index contributed by atoms with van der Waals surface area (Å²) in [5.41, 5.74) is -1.80. The van der Waals surface area contributed by atoms with Crippen molar-refractivity contribution in [3.8, 4) is 0 Å². The van der Waals surface area contributed by atoms with Crippen LogP contribution in [0.4, 0.5) is 0 Å². The quantitative estimate of drug-likeness (QED) is 0.392. The molecule has 0 aromatic carbocycles. The number of carbonyl (C=O) groups is 1. The molecule has 1 aliphatic carbocycles. The van der Waals surface area contributed by atoms with Gasteiger partial charge in [-0.3, -0.25) is 4.79 Å². The molecule has 0 spiro atoms. The molecule has 16 heavy (non-hydrogen) atoms. The van der Waals surface area contributed by atoms with Gasteiger partial charge in [0, 0.05) is 19.4 Å². The van der Waals surface area contributed by atoms with Crippen molar-refractivity contribution in [3.05, 3.63) is 0 Å². The first-order valence-electron chi connectivity index (χ1n) is 5.45. The van der Waals surface area contributed by atoms with Gasteiger partial charge < -0.3 is 25.7 Å². The molecule has 0 heterocycles. The lowest BCUT2D eigenvalue weighted by molar-refractivity contribution is -0.172. The van der Waals surface area contributed by atoms with Crippen LogP contribution < -0.4 is 5.32 Å². The maximum atomic E-state index is 11.6. The molecule has 1 saturated carbocycles. The minimum Gasteiger partial charge on any atom is -0.390 e. The van der Waals surface area contributed by atoms with Gasteiger partial charge in [-0.15, -0.1) is 0 Å². The largest absolute Gasteiger partial charge is 0.390 e. The van der Waals surface area contributed by atoms with Crippen molar-refractivity contribution in [3.63, 3.8) is 0 Å². The molecule has 0 saturated heterocycles. The van der Waals surface area contributed by atoms with Crippen LogP contribution in [0, 0.1) is 0 Å². The van der Waals surface area contributed by atoms with Crippen molar-refractivity contribution < 1.29 is 25.2 Å². The number of amides is 1. The smallest absolute Gasteiger partial charge is 0.252 e. The van der Waals surface area contributed by atoms with Gasteiger partial charge in [0.15, 0.2) is 0 Å². The molecule has 0 aliphatic heterocycles. The highest BCUT2D eigenvalue weighted by Crippen LogP contribution is 2.29. The van der Waals surface area contributed by atoms with E-state index in [0.29, 0.717) is 6.54 Å². The Morgan fingerprint density at radius 1 is 1.31 bits per heavy atom. The first-order valence-corrected chi connectivity index (χ1v) is 5.45. The van der Waals surface area contributed by atoms with Crippen molar-refractivity contribution in [2.45, 2.75) is 50.1 Å². The number of carbonyl (C=O) groups excluding carboxylic acids is 1. The SMILES string of the molecule is CCCNC(=O)C1(O)CC(O)C(O)C(O)C1. The normalized spacial score (nSPS) is 39.4. The zero-order chi connectivity index (χ0) is 12.3. The molecule has 94 valence electrons. The van der Waals surface area contributed by atoms with Crippen molar-refractivity contribution >= 4 is 5.91 Å². The molecule has 0 bridgehead atoms. The van der Waals surface area contributed by atoms with Gasteiger partial charge >= 0.3 is 0 Å². The first-order chi connectivity index (χ1) is 7.40. The Hall–Kier alpha value is -0.690. The lowest BCUT2D eigenvalue weighted by Crippen LogP contribution is -2.59. The van der Waals surface area contributed by atoms with E-state index in [2.05, 4.69) is 5.32 Å². The van der Waals surface area contributed by atoms with Crippen LogP contribution in [0.15, 0.2) is 0 Å². The van der Waals surface area contributed by atoms with Crippen molar-refractivity contribution in [1.82, 2.24) is 5.32 Å². The average Bonchev–Trinajstić information content (AvgIpc) is 2.22. The Labute approximate surface area is 93.9 Å². The highest BCUT2D eigenvalue weighted by molar-refractivity contribution is 5.85. The number of rotatable bonds is 3. The van der Waals surface area contributed by atoms with E-state index >= 15 is 0 Å². The third kappa shape index (κ3) is 2.70. The zero-order valence-electron chi connectivity index (χ0n) is 9.26. The van der Waals surface area contributed by atoms with Crippen LogP contribution in [-0.4, -0.2) is 56.8 Å². The molecule has 1 amide bonds. The third-order valence-corrected chi connectivity index (χ3v) is 2.84. The lowest BCUT2D eigenvalue weighted by Gasteiger charge is -2.39. The molecule has 0 radical (unpaired) electrons. The topological polar surface area (TPSA) is 110 Å². The van der Waals surface area contributed by atoms with E-state index in [1.807, 2.05) is 6.92 Å². The fourth-order valence-corrected chi connectivity index (χ4v) is 1.86. The third-order valence-electron chi connectivity index (χ3n) is 2.84. The zero-order valence-corrected chi connectivity index (χ0v) is 9.26. The van der Waals surface area contributed by atoms with E-state index in [-0.39, 0.29) is 12.8 Å². The van der Waals surface area contributed by atoms with E-state index in [4.69, 9.17) is 0 Å². The predicted molar refractivity (Wildman–Crippen MR) is 55.5 cm³/mol. The predicted octanol–water partition coefficient (Wildman–Crippen LogP) is -1.88. The summed E-state index contributed by atoms with van der Waals surface area (Å²) in [5, 5.41) is 40.6. The lowest BCUT2D eigenvalue weighted by atomic mass is 9.79. The van der Waals surface area contributed by atoms with Crippen LogP contribution in [0.25, 0.3) is 0 Å². The van der Waals surface area contributed by atoms with Gasteiger partial charge in [0.05, 0.1) is 12.2 Å². The Kier molecular flexibility index (Phi) is 4.26. The van der Waals surface area contributed by atoms with Crippen LogP contribution in [0.3, 0.4) is 0 Å². The molecular weight excluding hydrogens is 214 g/mol. The van der Waals surface area contributed by atoms with Gasteiger partial charge in [0.2, 0.25) is 0 Å². The van der Waals surface area contributed by atoms with E-state index < -0.39 is 29.8 Å². The molecular formula is C10H19NO5. The van der Waals surface area contributed by atoms with Crippen LogP contribution in [0.1, 0.15) is 26.2 Å². The molecule has 0 aromatic heterocycles. The maximum absolute atomic E-state index is 11.6. The summed E-state index contributed by atoms with van der Waals surface area (Å²) in [7, 11) is 0. The molecule has 1 fully saturated rings. The summed E-state index contributed by atoms with van der Waals surface area (Å²) in [6.07, 6.45) is -3.68. The van der Waals surface area contributed by atoms with Gasteiger partial charge in [-0.25, -0.2) is 0 Å². The van der Waals surface area contributed by atoms with Crippen LogP contribution in [0.2, 0.25) is 0 Å².